The molecule has 0 amide bonds. The molecule has 0 aliphatic carbocycles. The zero-order chi connectivity index (χ0) is 8.43. The van der Waals surface area contributed by atoms with Gasteiger partial charge in [0.15, 0.2) is 0 Å². The second kappa shape index (κ2) is 3.99. The van der Waals surface area contributed by atoms with Gasteiger partial charge >= 0.3 is 0 Å². The van der Waals surface area contributed by atoms with Gasteiger partial charge in [-0.25, -0.2) is 0 Å². The summed E-state index contributed by atoms with van der Waals surface area (Å²) >= 11 is 20.5. The summed E-state index contributed by atoms with van der Waals surface area (Å²) in [6.45, 7) is 0. The number of alkyl halides is 1. The monoisotopic (exact) mass is 272 g/mol. The molecule has 0 N–H and O–H groups in total. The Morgan fingerprint density at radius 1 is 1.18 bits per heavy atom. The third-order valence-corrected chi connectivity index (χ3v) is 3.36. The number of hydrogen-bond acceptors (Lipinski definition) is 0. The molecule has 11 heavy (non-hydrogen) atoms. The Morgan fingerprint density at radius 2 is 1.82 bits per heavy atom. The molecule has 1 rings (SSSR count). The topological polar surface area (TPSA) is 0 Å². The van der Waals surface area contributed by atoms with Crippen molar-refractivity contribution in [1.82, 2.24) is 0 Å². The summed E-state index contributed by atoms with van der Waals surface area (Å²) in [5.74, 6) is 0.381. The van der Waals surface area contributed by atoms with Crippen LogP contribution in [0.3, 0.4) is 0 Å². The van der Waals surface area contributed by atoms with E-state index in [1.165, 1.54) is 0 Å². The van der Waals surface area contributed by atoms with E-state index in [1.54, 1.807) is 0 Å². The molecule has 1 aromatic rings. The molecule has 0 nitrogen and oxygen atoms in total. The van der Waals surface area contributed by atoms with Gasteiger partial charge in [-0.2, -0.15) is 0 Å². The predicted octanol–water partition coefficient (Wildman–Crippen LogP) is 4.49. The highest BCUT2D eigenvalue weighted by Crippen LogP contribution is 2.33. The van der Waals surface area contributed by atoms with Crippen molar-refractivity contribution in [1.29, 1.82) is 0 Å². The van der Waals surface area contributed by atoms with Crippen molar-refractivity contribution in [3.63, 3.8) is 0 Å². The van der Waals surface area contributed by atoms with Crippen molar-refractivity contribution in [2.24, 2.45) is 0 Å². The summed E-state index contributed by atoms with van der Waals surface area (Å²) in [6, 6.07) is 3.66. The minimum atomic E-state index is 0.381. The molecule has 4 heteroatoms. The lowest BCUT2D eigenvalue weighted by Gasteiger charge is -2.02. The van der Waals surface area contributed by atoms with Crippen LogP contribution in [-0.4, -0.2) is 0 Å². The zero-order valence-electron chi connectivity index (χ0n) is 5.37. The standard InChI is InChI=1S/C7H4BrCl3/c8-5-2-1-4(3-9)6(10)7(5)11/h1-2H,3H2. The third-order valence-electron chi connectivity index (χ3n) is 1.26. The number of rotatable bonds is 1. The first-order valence-electron chi connectivity index (χ1n) is 2.85. The number of halogens is 4. The van der Waals surface area contributed by atoms with Crippen LogP contribution in [0.25, 0.3) is 0 Å². The van der Waals surface area contributed by atoms with Crippen LogP contribution >= 0.6 is 50.7 Å². The van der Waals surface area contributed by atoms with Crippen LogP contribution in [0.1, 0.15) is 5.56 Å². The molecule has 0 aliphatic heterocycles. The van der Waals surface area contributed by atoms with E-state index >= 15 is 0 Å². The fourth-order valence-corrected chi connectivity index (χ4v) is 1.82. The van der Waals surface area contributed by atoms with E-state index in [9.17, 15) is 0 Å². The number of benzene rings is 1. The average molecular weight is 274 g/mol. The summed E-state index contributed by atoms with van der Waals surface area (Å²) in [4.78, 5) is 0. The molecule has 0 saturated heterocycles. The Kier molecular flexibility index (Phi) is 3.51. The van der Waals surface area contributed by atoms with Crippen molar-refractivity contribution in [3.05, 3.63) is 32.2 Å². The fraction of sp³-hybridized carbons (Fsp3) is 0.143. The van der Waals surface area contributed by atoms with Crippen LogP contribution in [-0.2, 0) is 5.88 Å². The third kappa shape index (κ3) is 2.03. The van der Waals surface area contributed by atoms with Crippen LogP contribution in [0.4, 0.5) is 0 Å². The van der Waals surface area contributed by atoms with Crippen molar-refractivity contribution in [2.45, 2.75) is 5.88 Å². The highest BCUT2D eigenvalue weighted by Gasteiger charge is 2.06. The molecule has 0 fully saturated rings. The van der Waals surface area contributed by atoms with Gasteiger partial charge in [0.05, 0.1) is 10.0 Å². The van der Waals surface area contributed by atoms with Gasteiger partial charge in [0, 0.05) is 10.4 Å². The molecule has 0 heterocycles. The van der Waals surface area contributed by atoms with Gasteiger partial charge in [0.2, 0.25) is 0 Å². The Labute approximate surface area is 88.6 Å². The van der Waals surface area contributed by atoms with Crippen LogP contribution in [0, 0.1) is 0 Å². The Morgan fingerprint density at radius 3 is 2.36 bits per heavy atom. The van der Waals surface area contributed by atoms with Crippen LogP contribution in [0.5, 0.6) is 0 Å². The van der Waals surface area contributed by atoms with E-state index in [1.807, 2.05) is 12.1 Å². The Balaban J connectivity index is 3.25. The lowest BCUT2D eigenvalue weighted by molar-refractivity contribution is 1.39. The molecular formula is C7H4BrCl3. The summed E-state index contributed by atoms with van der Waals surface area (Å²) in [7, 11) is 0. The van der Waals surface area contributed by atoms with E-state index in [-0.39, 0.29) is 0 Å². The van der Waals surface area contributed by atoms with E-state index in [0.29, 0.717) is 15.9 Å². The molecule has 0 spiro atoms. The van der Waals surface area contributed by atoms with E-state index < -0.39 is 0 Å². The maximum atomic E-state index is 5.85. The summed E-state index contributed by atoms with van der Waals surface area (Å²) in [6.07, 6.45) is 0. The molecule has 0 radical (unpaired) electrons. The lowest BCUT2D eigenvalue weighted by Crippen LogP contribution is -1.81. The number of hydrogen-bond donors (Lipinski definition) is 0. The van der Waals surface area contributed by atoms with Crippen LogP contribution < -0.4 is 0 Å². The molecule has 0 atom stereocenters. The van der Waals surface area contributed by atoms with E-state index in [0.717, 1.165) is 10.0 Å². The van der Waals surface area contributed by atoms with Gasteiger partial charge in [-0.3, -0.25) is 0 Å². The molecule has 1 aromatic carbocycles. The van der Waals surface area contributed by atoms with Crippen molar-refractivity contribution >= 4 is 50.7 Å². The van der Waals surface area contributed by atoms with Crippen LogP contribution in [0.15, 0.2) is 16.6 Å². The summed E-state index contributed by atoms with van der Waals surface area (Å²) in [5.41, 5.74) is 0.849. The summed E-state index contributed by atoms with van der Waals surface area (Å²) in [5, 5.41) is 1.04. The first-order valence-corrected chi connectivity index (χ1v) is 4.93. The van der Waals surface area contributed by atoms with Gasteiger partial charge in [0.1, 0.15) is 0 Å². The predicted molar refractivity (Wildman–Crippen MR) is 53.7 cm³/mol. The van der Waals surface area contributed by atoms with Crippen molar-refractivity contribution in [3.8, 4) is 0 Å². The minimum Gasteiger partial charge on any atom is -0.121 e. The second-order valence-corrected chi connectivity index (χ2v) is 3.85. The highest BCUT2D eigenvalue weighted by molar-refractivity contribution is 9.10. The lowest BCUT2D eigenvalue weighted by atomic mass is 10.2. The van der Waals surface area contributed by atoms with Gasteiger partial charge in [0.25, 0.3) is 0 Å². The first-order chi connectivity index (χ1) is 5.16. The van der Waals surface area contributed by atoms with Crippen molar-refractivity contribution in [2.75, 3.05) is 0 Å². The quantitative estimate of drug-likeness (QED) is 0.522. The largest absolute Gasteiger partial charge is 0.121 e. The Bertz CT molecular complexity index is 273. The molecule has 0 aromatic heterocycles. The Hall–Kier alpha value is 0.570. The van der Waals surface area contributed by atoms with Gasteiger partial charge in [-0.15, -0.1) is 11.6 Å². The maximum absolute atomic E-state index is 5.85. The normalized spacial score (nSPS) is 10.2. The molecule has 60 valence electrons. The maximum Gasteiger partial charge on any atom is 0.0737 e. The smallest absolute Gasteiger partial charge is 0.0737 e. The van der Waals surface area contributed by atoms with Crippen LogP contribution in [0.2, 0.25) is 10.0 Å². The van der Waals surface area contributed by atoms with E-state index in [4.69, 9.17) is 34.8 Å². The van der Waals surface area contributed by atoms with E-state index in [2.05, 4.69) is 15.9 Å². The van der Waals surface area contributed by atoms with Gasteiger partial charge < -0.3 is 0 Å². The van der Waals surface area contributed by atoms with Gasteiger partial charge in [-0.05, 0) is 27.6 Å². The molecule has 0 bridgehead atoms. The average Bonchev–Trinajstić information content (AvgIpc) is 2.01. The second-order valence-electron chi connectivity index (χ2n) is 1.97. The first kappa shape index (κ1) is 9.66. The molecular weight excluding hydrogens is 270 g/mol. The van der Waals surface area contributed by atoms with Gasteiger partial charge in [-0.1, -0.05) is 29.3 Å². The van der Waals surface area contributed by atoms with Crippen molar-refractivity contribution < 1.29 is 0 Å². The molecule has 0 unspecified atom stereocenters. The molecule has 0 aliphatic rings. The molecule has 0 saturated carbocycles. The SMILES string of the molecule is ClCc1ccc(Br)c(Cl)c1Cl. The fourth-order valence-electron chi connectivity index (χ4n) is 0.669. The highest BCUT2D eigenvalue weighted by atomic mass is 79.9. The minimum absolute atomic E-state index is 0.381. The zero-order valence-corrected chi connectivity index (χ0v) is 9.23. The summed E-state index contributed by atoms with van der Waals surface area (Å²) < 4.78 is 0.790.